The largest absolute Gasteiger partial charge is 0.293 e. The zero-order valence-electron chi connectivity index (χ0n) is 16.9. The number of benzene rings is 1. The van der Waals surface area contributed by atoms with Gasteiger partial charge in [-0.3, -0.25) is 4.79 Å². The van der Waals surface area contributed by atoms with Crippen molar-refractivity contribution in [1.82, 2.24) is 0 Å². The Morgan fingerprint density at radius 2 is 1.77 bits per heavy atom. The minimum absolute atomic E-state index is 0.0363. The molecule has 0 unspecified atom stereocenters. The van der Waals surface area contributed by atoms with Crippen molar-refractivity contribution in [2.24, 2.45) is 5.41 Å². The Hall–Kier alpha value is -1.88. The summed E-state index contributed by atoms with van der Waals surface area (Å²) >= 11 is 0. The molecular weight excluding hydrogens is 318 g/mol. The molecule has 0 heterocycles. The maximum Gasteiger partial charge on any atom is 0.179 e. The van der Waals surface area contributed by atoms with Crippen LogP contribution in [0.25, 0.3) is 5.57 Å². The molecule has 0 spiro atoms. The van der Waals surface area contributed by atoms with Gasteiger partial charge in [0, 0.05) is 5.41 Å². The van der Waals surface area contributed by atoms with E-state index in [2.05, 4.69) is 58.9 Å². The van der Waals surface area contributed by atoms with Gasteiger partial charge in [0.2, 0.25) is 0 Å². The van der Waals surface area contributed by atoms with Gasteiger partial charge in [-0.1, -0.05) is 72.1 Å². The molecule has 26 heavy (non-hydrogen) atoms. The van der Waals surface area contributed by atoms with E-state index >= 15 is 0 Å². The third-order valence-electron chi connectivity index (χ3n) is 6.53. The molecule has 138 valence electrons. The van der Waals surface area contributed by atoms with E-state index in [1.54, 1.807) is 0 Å². The van der Waals surface area contributed by atoms with Crippen LogP contribution in [-0.4, -0.2) is 5.78 Å². The van der Waals surface area contributed by atoms with Gasteiger partial charge in [-0.2, -0.15) is 5.26 Å². The summed E-state index contributed by atoms with van der Waals surface area (Å²) in [6, 6.07) is 8.90. The normalized spacial score (nSPS) is 22.7. The molecule has 1 aromatic carbocycles. The average Bonchev–Trinajstić information content (AvgIpc) is 2.87. The van der Waals surface area contributed by atoms with Crippen molar-refractivity contribution in [3.63, 3.8) is 0 Å². The number of ketones is 1. The summed E-state index contributed by atoms with van der Waals surface area (Å²) in [7, 11) is 0. The fourth-order valence-electron chi connectivity index (χ4n) is 4.72. The summed E-state index contributed by atoms with van der Waals surface area (Å²) in [6.45, 7) is 10.9. The Kier molecular flexibility index (Phi) is 4.86. The highest BCUT2D eigenvalue weighted by molar-refractivity contribution is 6.10. The molecule has 0 radical (unpaired) electrons. The molecule has 0 aromatic heterocycles. The lowest BCUT2D eigenvalue weighted by molar-refractivity contribution is -0.125. The number of rotatable bonds is 3. The van der Waals surface area contributed by atoms with Crippen LogP contribution in [0, 0.1) is 16.7 Å². The maximum absolute atomic E-state index is 13.4. The first-order valence-corrected chi connectivity index (χ1v) is 10.0. The molecule has 0 amide bonds. The molecule has 1 aromatic rings. The first kappa shape index (κ1) is 18.9. The van der Waals surface area contributed by atoms with Gasteiger partial charge in [0.1, 0.15) is 6.07 Å². The SMILES string of the molecule is CC(C)c1ccc2c(c1)C(C)(C)C/C2=C(/C#N)C(=O)C1(C)CCCCC1. The standard InChI is InChI=1S/C24H31NO/c1-16(2)17-9-10-18-19(14-23(3,4)21(18)13-17)20(15-25)22(26)24(5)11-7-6-8-12-24/h9-10,13,16H,6-8,11-12,14H2,1-5H3/b20-19+. The maximum atomic E-state index is 13.4. The Morgan fingerprint density at radius 3 is 2.35 bits per heavy atom. The number of nitriles is 1. The molecule has 0 aliphatic heterocycles. The van der Waals surface area contributed by atoms with Gasteiger partial charge in [0.15, 0.2) is 5.78 Å². The first-order valence-electron chi connectivity index (χ1n) is 10.0. The summed E-state index contributed by atoms with van der Waals surface area (Å²) < 4.78 is 0. The Morgan fingerprint density at radius 1 is 1.12 bits per heavy atom. The summed E-state index contributed by atoms with van der Waals surface area (Å²) in [4.78, 5) is 13.4. The van der Waals surface area contributed by atoms with Gasteiger partial charge in [0.05, 0.1) is 5.57 Å². The van der Waals surface area contributed by atoms with Gasteiger partial charge in [0.25, 0.3) is 0 Å². The van der Waals surface area contributed by atoms with Gasteiger partial charge in [-0.25, -0.2) is 0 Å². The molecule has 0 bridgehead atoms. The van der Waals surface area contributed by atoms with E-state index in [1.165, 1.54) is 17.5 Å². The summed E-state index contributed by atoms with van der Waals surface area (Å²) in [5.41, 5.74) is 4.71. The number of carbonyl (C=O) groups is 1. The number of Topliss-reactive ketones (excluding diaryl/α,β-unsaturated/α-hetero) is 1. The van der Waals surface area contributed by atoms with Crippen LogP contribution in [-0.2, 0) is 10.2 Å². The van der Waals surface area contributed by atoms with E-state index in [-0.39, 0.29) is 16.6 Å². The third-order valence-corrected chi connectivity index (χ3v) is 6.53. The van der Waals surface area contributed by atoms with Crippen LogP contribution in [0.15, 0.2) is 23.8 Å². The predicted octanol–water partition coefficient (Wildman–Crippen LogP) is 6.31. The topological polar surface area (TPSA) is 40.9 Å². The van der Waals surface area contributed by atoms with Crippen molar-refractivity contribution >= 4 is 11.4 Å². The lowest BCUT2D eigenvalue weighted by Crippen LogP contribution is -2.31. The molecule has 1 fully saturated rings. The lowest BCUT2D eigenvalue weighted by atomic mass is 9.70. The number of hydrogen-bond donors (Lipinski definition) is 0. The molecule has 0 N–H and O–H groups in total. The van der Waals surface area contributed by atoms with E-state index in [9.17, 15) is 10.1 Å². The van der Waals surface area contributed by atoms with Crippen molar-refractivity contribution in [2.75, 3.05) is 0 Å². The van der Waals surface area contributed by atoms with Gasteiger partial charge in [-0.15, -0.1) is 0 Å². The predicted molar refractivity (Wildman–Crippen MR) is 107 cm³/mol. The first-order chi connectivity index (χ1) is 12.2. The number of allylic oxidation sites excluding steroid dienone is 2. The second-order valence-corrected chi connectivity index (χ2v) is 9.44. The molecule has 2 heteroatoms. The molecule has 0 saturated heterocycles. The van der Waals surface area contributed by atoms with Gasteiger partial charge >= 0.3 is 0 Å². The van der Waals surface area contributed by atoms with Crippen LogP contribution in [0.2, 0.25) is 0 Å². The van der Waals surface area contributed by atoms with Crippen molar-refractivity contribution in [3.8, 4) is 6.07 Å². The Balaban J connectivity index is 2.11. The Labute approximate surface area is 158 Å². The number of fused-ring (bicyclic) bond motifs is 1. The summed E-state index contributed by atoms with van der Waals surface area (Å²) in [5, 5.41) is 9.91. The van der Waals surface area contributed by atoms with Crippen molar-refractivity contribution < 1.29 is 4.79 Å². The quantitative estimate of drug-likeness (QED) is 0.474. The van der Waals surface area contributed by atoms with E-state index in [0.29, 0.717) is 11.5 Å². The van der Waals surface area contributed by atoms with Crippen LogP contribution in [0.1, 0.15) is 95.8 Å². The van der Waals surface area contributed by atoms with Crippen LogP contribution >= 0.6 is 0 Å². The lowest BCUT2D eigenvalue weighted by Gasteiger charge is -2.32. The number of nitrogens with zero attached hydrogens (tertiary/aromatic N) is 1. The van der Waals surface area contributed by atoms with Gasteiger partial charge in [-0.05, 0) is 52.9 Å². The molecule has 2 aliphatic carbocycles. The van der Waals surface area contributed by atoms with E-state index < -0.39 is 0 Å². The third kappa shape index (κ3) is 3.13. The van der Waals surface area contributed by atoms with Crippen molar-refractivity contribution in [2.45, 2.75) is 84.5 Å². The van der Waals surface area contributed by atoms with E-state index in [4.69, 9.17) is 0 Å². The van der Waals surface area contributed by atoms with Crippen LogP contribution in [0.5, 0.6) is 0 Å². The highest BCUT2D eigenvalue weighted by Crippen LogP contribution is 2.49. The molecular formula is C24H31NO. The Bertz CT molecular complexity index is 798. The second kappa shape index (κ2) is 6.69. The van der Waals surface area contributed by atoms with Gasteiger partial charge < -0.3 is 0 Å². The zero-order valence-corrected chi connectivity index (χ0v) is 16.9. The minimum atomic E-state index is -0.360. The average molecular weight is 350 g/mol. The fourth-order valence-corrected chi connectivity index (χ4v) is 4.72. The molecule has 0 atom stereocenters. The number of carbonyl (C=O) groups excluding carboxylic acids is 1. The molecule has 3 rings (SSSR count). The molecule has 1 saturated carbocycles. The van der Waals surface area contributed by atoms with E-state index in [0.717, 1.165) is 43.2 Å². The molecule has 2 nitrogen and oxygen atoms in total. The fraction of sp³-hybridized carbons (Fsp3) is 0.583. The summed E-state index contributed by atoms with van der Waals surface area (Å²) in [6.07, 6.45) is 5.98. The second-order valence-electron chi connectivity index (χ2n) is 9.44. The molecule has 2 aliphatic rings. The smallest absolute Gasteiger partial charge is 0.179 e. The highest BCUT2D eigenvalue weighted by Gasteiger charge is 2.41. The van der Waals surface area contributed by atoms with Crippen molar-refractivity contribution in [3.05, 3.63) is 40.5 Å². The number of hydrogen-bond acceptors (Lipinski definition) is 2. The van der Waals surface area contributed by atoms with Crippen LogP contribution in [0.3, 0.4) is 0 Å². The van der Waals surface area contributed by atoms with Crippen LogP contribution < -0.4 is 0 Å². The monoisotopic (exact) mass is 349 g/mol. The summed E-state index contributed by atoms with van der Waals surface area (Å²) in [5.74, 6) is 0.550. The van der Waals surface area contributed by atoms with E-state index in [1.807, 2.05) is 0 Å². The zero-order chi connectivity index (χ0) is 19.1. The highest BCUT2D eigenvalue weighted by atomic mass is 16.1. The van der Waals surface area contributed by atoms with Crippen molar-refractivity contribution in [1.29, 1.82) is 5.26 Å². The van der Waals surface area contributed by atoms with Crippen LogP contribution in [0.4, 0.5) is 0 Å². The minimum Gasteiger partial charge on any atom is -0.293 e.